The van der Waals surface area contributed by atoms with Gasteiger partial charge in [0.15, 0.2) is 0 Å². The average Bonchev–Trinajstić information content (AvgIpc) is 2.48. The van der Waals surface area contributed by atoms with Gasteiger partial charge in [-0.15, -0.1) is 0 Å². The van der Waals surface area contributed by atoms with Gasteiger partial charge in [0.1, 0.15) is 10.6 Å². The van der Waals surface area contributed by atoms with Crippen molar-refractivity contribution in [1.82, 2.24) is 4.72 Å². The molecule has 118 valence electrons. The lowest BCUT2D eigenvalue weighted by Gasteiger charge is -2.29. The van der Waals surface area contributed by atoms with Crippen molar-refractivity contribution in [3.8, 4) is 5.75 Å². The molecule has 1 aromatic carbocycles. The van der Waals surface area contributed by atoms with Gasteiger partial charge in [-0.2, -0.15) is 0 Å². The minimum atomic E-state index is -3.58. The maximum atomic E-state index is 12.6. The van der Waals surface area contributed by atoms with Crippen LogP contribution in [0.4, 0.5) is 0 Å². The van der Waals surface area contributed by atoms with Gasteiger partial charge in [-0.3, -0.25) is 0 Å². The highest BCUT2D eigenvalue weighted by Gasteiger charge is 2.28. The first kappa shape index (κ1) is 16.3. The summed E-state index contributed by atoms with van der Waals surface area (Å²) in [5.74, 6) is 0.705. The van der Waals surface area contributed by atoms with Crippen LogP contribution in [0.5, 0.6) is 5.75 Å². The molecule has 5 nitrogen and oxygen atoms in total. The van der Waals surface area contributed by atoms with E-state index in [1.165, 1.54) is 13.5 Å². The van der Waals surface area contributed by atoms with Gasteiger partial charge in [-0.05, 0) is 36.5 Å². The van der Waals surface area contributed by atoms with Gasteiger partial charge in [0.25, 0.3) is 0 Å². The molecular formula is C15H24N2O3S. The van der Waals surface area contributed by atoms with Gasteiger partial charge >= 0.3 is 0 Å². The molecule has 0 aromatic heterocycles. The Morgan fingerprint density at radius 3 is 2.67 bits per heavy atom. The fourth-order valence-corrected chi connectivity index (χ4v) is 4.35. The second kappa shape index (κ2) is 6.77. The van der Waals surface area contributed by atoms with E-state index in [4.69, 9.17) is 10.5 Å². The number of rotatable bonds is 5. The molecule has 21 heavy (non-hydrogen) atoms. The predicted molar refractivity (Wildman–Crippen MR) is 82.6 cm³/mol. The van der Waals surface area contributed by atoms with Crippen LogP contribution in [0.1, 0.15) is 38.2 Å². The minimum absolute atomic E-state index is 0.00245. The van der Waals surface area contributed by atoms with E-state index in [0.29, 0.717) is 18.2 Å². The van der Waals surface area contributed by atoms with Crippen LogP contribution in [0.3, 0.4) is 0 Å². The predicted octanol–water partition coefficient (Wildman–Crippen LogP) is 2.01. The summed E-state index contributed by atoms with van der Waals surface area (Å²) in [6.07, 6.45) is 4.20. The Bertz CT molecular complexity index is 587. The monoisotopic (exact) mass is 312 g/mol. The number of nitrogens with one attached hydrogen (secondary N) is 1. The minimum Gasteiger partial charge on any atom is -0.495 e. The molecule has 0 radical (unpaired) electrons. The van der Waals surface area contributed by atoms with Crippen molar-refractivity contribution < 1.29 is 13.2 Å². The zero-order valence-corrected chi connectivity index (χ0v) is 13.4. The van der Waals surface area contributed by atoms with Crippen LogP contribution < -0.4 is 15.2 Å². The molecule has 2 rings (SSSR count). The number of benzene rings is 1. The summed E-state index contributed by atoms with van der Waals surface area (Å²) in [5.41, 5.74) is 6.42. The Balaban J connectivity index is 2.26. The lowest BCUT2D eigenvalue weighted by molar-refractivity contribution is 0.310. The van der Waals surface area contributed by atoms with Crippen LogP contribution >= 0.6 is 0 Å². The van der Waals surface area contributed by atoms with E-state index in [9.17, 15) is 8.42 Å². The van der Waals surface area contributed by atoms with E-state index in [1.807, 2.05) is 0 Å². The van der Waals surface area contributed by atoms with E-state index in [2.05, 4.69) is 11.6 Å². The molecule has 6 heteroatoms. The molecule has 0 bridgehead atoms. The van der Waals surface area contributed by atoms with Gasteiger partial charge in [0.05, 0.1) is 7.11 Å². The van der Waals surface area contributed by atoms with Crippen LogP contribution in [-0.2, 0) is 16.6 Å². The Kier molecular flexibility index (Phi) is 5.24. The summed E-state index contributed by atoms with van der Waals surface area (Å²) < 4.78 is 33.3. The smallest absolute Gasteiger partial charge is 0.244 e. The van der Waals surface area contributed by atoms with Gasteiger partial charge in [0, 0.05) is 12.6 Å². The van der Waals surface area contributed by atoms with Crippen LogP contribution in [0, 0.1) is 5.92 Å². The van der Waals surface area contributed by atoms with E-state index in [0.717, 1.165) is 24.8 Å². The number of hydrogen-bond donors (Lipinski definition) is 2. The molecule has 1 aliphatic carbocycles. The Hall–Kier alpha value is -1.11. The lowest BCUT2D eigenvalue weighted by Crippen LogP contribution is -2.41. The summed E-state index contributed by atoms with van der Waals surface area (Å²) in [5, 5.41) is 0. The Labute approximate surface area is 126 Å². The highest BCUT2D eigenvalue weighted by Crippen LogP contribution is 2.28. The van der Waals surface area contributed by atoms with Crippen molar-refractivity contribution in [3.05, 3.63) is 23.8 Å². The Morgan fingerprint density at radius 1 is 1.33 bits per heavy atom. The number of sulfonamides is 1. The highest BCUT2D eigenvalue weighted by molar-refractivity contribution is 7.89. The molecule has 2 unspecified atom stereocenters. The molecule has 2 atom stereocenters. The fourth-order valence-electron chi connectivity index (χ4n) is 2.82. The van der Waals surface area contributed by atoms with Crippen molar-refractivity contribution in [2.45, 2.75) is 50.1 Å². The standard InChI is InChI=1S/C15H24N2O3S/c1-11-5-3-4-6-13(11)17-21(18,19)15-8-7-12(10-16)9-14(15)20-2/h7-9,11,13,17H,3-6,10,16H2,1-2H3. The molecular weight excluding hydrogens is 288 g/mol. The maximum Gasteiger partial charge on any atom is 0.244 e. The molecule has 0 heterocycles. The van der Waals surface area contributed by atoms with Crippen molar-refractivity contribution >= 4 is 10.0 Å². The van der Waals surface area contributed by atoms with E-state index >= 15 is 0 Å². The topological polar surface area (TPSA) is 81.4 Å². The molecule has 0 saturated heterocycles. The second-order valence-corrected chi connectivity index (χ2v) is 7.36. The van der Waals surface area contributed by atoms with Crippen molar-refractivity contribution in [1.29, 1.82) is 0 Å². The summed E-state index contributed by atoms with van der Waals surface area (Å²) in [7, 11) is -2.11. The second-order valence-electron chi connectivity index (χ2n) is 5.68. The molecule has 0 aliphatic heterocycles. The summed E-state index contributed by atoms with van der Waals surface area (Å²) in [6.45, 7) is 2.45. The van der Waals surface area contributed by atoms with E-state index in [-0.39, 0.29) is 10.9 Å². The largest absolute Gasteiger partial charge is 0.495 e. The zero-order chi connectivity index (χ0) is 15.5. The SMILES string of the molecule is COc1cc(CN)ccc1S(=O)(=O)NC1CCCCC1C. The molecule has 3 N–H and O–H groups in total. The van der Waals surface area contributed by atoms with Gasteiger partial charge in [-0.25, -0.2) is 13.1 Å². The van der Waals surface area contributed by atoms with E-state index < -0.39 is 10.0 Å². The summed E-state index contributed by atoms with van der Waals surface area (Å²) >= 11 is 0. The first-order chi connectivity index (χ1) is 9.97. The summed E-state index contributed by atoms with van der Waals surface area (Å²) in [4.78, 5) is 0.181. The van der Waals surface area contributed by atoms with Gasteiger partial charge in [0.2, 0.25) is 10.0 Å². The Morgan fingerprint density at radius 2 is 2.05 bits per heavy atom. The molecule has 0 amide bonds. The number of nitrogens with two attached hydrogens (primary N) is 1. The quantitative estimate of drug-likeness (QED) is 0.871. The third-order valence-corrected chi connectivity index (χ3v) is 5.70. The highest BCUT2D eigenvalue weighted by atomic mass is 32.2. The molecule has 1 fully saturated rings. The molecule has 1 saturated carbocycles. The van der Waals surface area contributed by atoms with Gasteiger partial charge in [-0.1, -0.05) is 25.8 Å². The number of methoxy groups -OCH3 is 1. The van der Waals surface area contributed by atoms with Crippen LogP contribution in [0.2, 0.25) is 0 Å². The van der Waals surface area contributed by atoms with Crippen molar-refractivity contribution in [2.24, 2.45) is 11.7 Å². The molecule has 0 spiro atoms. The van der Waals surface area contributed by atoms with Crippen molar-refractivity contribution in [2.75, 3.05) is 7.11 Å². The van der Waals surface area contributed by atoms with Crippen molar-refractivity contribution in [3.63, 3.8) is 0 Å². The normalized spacial score (nSPS) is 23.0. The summed E-state index contributed by atoms with van der Waals surface area (Å²) in [6, 6.07) is 4.97. The van der Waals surface area contributed by atoms with Gasteiger partial charge < -0.3 is 10.5 Å². The van der Waals surface area contributed by atoms with Crippen LogP contribution in [-0.4, -0.2) is 21.6 Å². The molecule has 1 aromatic rings. The first-order valence-corrected chi connectivity index (χ1v) is 8.85. The first-order valence-electron chi connectivity index (χ1n) is 7.37. The number of ether oxygens (including phenoxy) is 1. The fraction of sp³-hybridized carbons (Fsp3) is 0.600. The third-order valence-electron chi connectivity index (χ3n) is 4.17. The lowest BCUT2D eigenvalue weighted by atomic mass is 9.87. The zero-order valence-electron chi connectivity index (χ0n) is 12.6. The van der Waals surface area contributed by atoms with Crippen LogP contribution in [0.25, 0.3) is 0 Å². The average molecular weight is 312 g/mol. The third kappa shape index (κ3) is 3.75. The maximum absolute atomic E-state index is 12.6. The molecule has 1 aliphatic rings. The van der Waals surface area contributed by atoms with Crippen LogP contribution in [0.15, 0.2) is 23.1 Å². The number of hydrogen-bond acceptors (Lipinski definition) is 4. The van der Waals surface area contributed by atoms with E-state index in [1.54, 1.807) is 18.2 Å².